The van der Waals surface area contributed by atoms with Gasteiger partial charge in [0.25, 0.3) is 10.0 Å². The fraction of sp³-hybridized carbons (Fsp3) is 0.344. The van der Waals surface area contributed by atoms with Gasteiger partial charge in [-0.3, -0.25) is 9.40 Å². The summed E-state index contributed by atoms with van der Waals surface area (Å²) in [7, 11) is -4.56. The van der Waals surface area contributed by atoms with Crippen LogP contribution in [0.15, 0.2) is 53.6 Å². The molecule has 46 heavy (non-hydrogen) atoms. The maximum absolute atomic E-state index is 15.7. The highest BCUT2D eigenvalue weighted by molar-refractivity contribution is 7.92. The third-order valence-electron chi connectivity index (χ3n) is 7.40. The Bertz CT molecular complexity index is 1970. The number of sulfonamides is 1. The molecular weight excluding hydrogens is 621 g/mol. The van der Waals surface area contributed by atoms with Gasteiger partial charge in [-0.05, 0) is 77.7 Å². The van der Waals surface area contributed by atoms with E-state index in [4.69, 9.17) is 10.5 Å². The minimum atomic E-state index is -4.56. The summed E-state index contributed by atoms with van der Waals surface area (Å²) < 4.78 is 79.7. The lowest BCUT2D eigenvalue weighted by Gasteiger charge is -2.26. The minimum Gasteiger partial charge on any atom is -0.444 e. The maximum Gasteiger partial charge on any atom is 0.407 e. The third kappa shape index (κ3) is 6.66. The Morgan fingerprint density at radius 1 is 1.09 bits per heavy atom. The number of hydrogen-bond acceptors (Lipinski definition) is 7. The normalized spacial score (nSPS) is 15.6. The number of anilines is 2. The van der Waals surface area contributed by atoms with Crippen molar-refractivity contribution in [2.45, 2.75) is 76.5 Å². The van der Waals surface area contributed by atoms with Gasteiger partial charge in [0.05, 0.1) is 16.6 Å². The largest absolute Gasteiger partial charge is 0.444 e. The number of nitrogen functional groups attached to an aromatic ring is 1. The maximum atomic E-state index is 15.7. The van der Waals surface area contributed by atoms with E-state index < -0.39 is 49.8 Å². The first kappa shape index (κ1) is 32.8. The van der Waals surface area contributed by atoms with E-state index in [0.717, 1.165) is 23.8 Å². The van der Waals surface area contributed by atoms with Gasteiger partial charge in [0.2, 0.25) is 0 Å². The summed E-state index contributed by atoms with van der Waals surface area (Å²) in [6.07, 6.45) is 4.86. The number of halogens is 3. The van der Waals surface area contributed by atoms with Gasteiger partial charge in [0.1, 0.15) is 39.5 Å². The van der Waals surface area contributed by atoms with Gasteiger partial charge in [-0.1, -0.05) is 18.2 Å². The van der Waals surface area contributed by atoms with Crippen LogP contribution in [-0.4, -0.2) is 40.9 Å². The summed E-state index contributed by atoms with van der Waals surface area (Å²) in [6.45, 7) is 9.14. The molecule has 5 rings (SSSR count). The number of nitrogens with two attached hydrogens (primary N) is 1. The lowest BCUT2D eigenvalue weighted by Crippen LogP contribution is -2.39. The number of aromatic nitrogens is 3. The van der Waals surface area contributed by atoms with Gasteiger partial charge in [-0.25, -0.2) is 31.4 Å². The van der Waals surface area contributed by atoms with E-state index in [1.807, 2.05) is 24.6 Å². The van der Waals surface area contributed by atoms with Crippen molar-refractivity contribution in [1.29, 1.82) is 0 Å². The highest BCUT2D eigenvalue weighted by Gasteiger charge is 2.28. The Morgan fingerprint density at radius 2 is 1.80 bits per heavy atom. The molecule has 4 aromatic rings. The molecule has 0 fully saturated rings. The van der Waals surface area contributed by atoms with Crippen LogP contribution in [0, 0.1) is 17.5 Å². The molecule has 1 aliphatic rings. The lowest BCUT2D eigenvalue weighted by molar-refractivity contribution is 0.0502. The zero-order valence-electron chi connectivity index (χ0n) is 26.0. The second kappa shape index (κ2) is 12.3. The van der Waals surface area contributed by atoms with E-state index >= 15 is 8.78 Å². The number of pyridine rings is 1. The standard InChI is InChI=1S/C32H35F3N6O4S/c1-17(2)41-29-21(18-10-12-19(13-11-18)38-31(42)45-32(3,4)5)16-37-30(36)27(29)28(39-41)20-14-24(35)25(15-23(20)34)40-46(43,44)26-9-7-6-8-22(26)33/h6-10,14-17,19,40H,11-13H2,1-5H3,(H2,36,37)(H,38,42). The molecule has 10 nitrogen and oxygen atoms in total. The molecule has 0 radical (unpaired) electrons. The first-order valence-corrected chi connectivity index (χ1v) is 16.2. The number of nitrogens with zero attached hydrogens (tertiary/aromatic N) is 3. The molecule has 0 bridgehead atoms. The van der Waals surface area contributed by atoms with Crippen molar-refractivity contribution in [3.63, 3.8) is 0 Å². The van der Waals surface area contributed by atoms with Crippen LogP contribution in [0.2, 0.25) is 0 Å². The number of hydrogen-bond donors (Lipinski definition) is 3. The number of ether oxygens (including phenoxy) is 1. The van der Waals surface area contributed by atoms with Crippen LogP contribution < -0.4 is 15.8 Å². The number of carbonyl (C=O) groups excluding carboxylic acids is 1. The number of nitrogens with one attached hydrogen (secondary N) is 2. The van der Waals surface area contributed by atoms with Gasteiger partial charge < -0.3 is 15.8 Å². The van der Waals surface area contributed by atoms with Gasteiger partial charge >= 0.3 is 6.09 Å². The molecule has 1 unspecified atom stereocenters. The van der Waals surface area contributed by atoms with Crippen molar-refractivity contribution in [1.82, 2.24) is 20.1 Å². The number of benzene rings is 2. The molecule has 4 N–H and O–H groups in total. The lowest BCUT2D eigenvalue weighted by atomic mass is 9.90. The fourth-order valence-electron chi connectivity index (χ4n) is 5.35. The van der Waals surface area contributed by atoms with E-state index in [9.17, 15) is 17.6 Å². The molecule has 14 heteroatoms. The topological polar surface area (TPSA) is 141 Å². The van der Waals surface area contributed by atoms with E-state index in [1.165, 1.54) is 12.1 Å². The van der Waals surface area contributed by atoms with Gasteiger partial charge in [-0.15, -0.1) is 0 Å². The summed E-state index contributed by atoms with van der Waals surface area (Å²) in [6, 6.07) is 5.72. The molecule has 1 aliphatic carbocycles. The first-order valence-electron chi connectivity index (χ1n) is 14.7. The Morgan fingerprint density at radius 3 is 2.43 bits per heavy atom. The number of amides is 1. The summed E-state index contributed by atoms with van der Waals surface area (Å²) in [5.41, 5.74) is 6.98. The molecule has 1 amide bonds. The van der Waals surface area contributed by atoms with E-state index in [0.29, 0.717) is 41.8 Å². The van der Waals surface area contributed by atoms with Crippen molar-refractivity contribution in [3.8, 4) is 11.3 Å². The van der Waals surface area contributed by atoms with Crippen LogP contribution in [0.4, 0.5) is 29.5 Å². The van der Waals surface area contributed by atoms with Crippen molar-refractivity contribution in [3.05, 3.63) is 71.7 Å². The van der Waals surface area contributed by atoms with Crippen LogP contribution in [0.3, 0.4) is 0 Å². The third-order valence-corrected chi connectivity index (χ3v) is 8.80. The van der Waals surface area contributed by atoms with Gasteiger partial charge in [0, 0.05) is 35.5 Å². The summed E-state index contributed by atoms with van der Waals surface area (Å²) >= 11 is 0. The average molecular weight is 657 g/mol. The minimum absolute atomic E-state index is 0.0244. The first-order chi connectivity index (χ1) is 21.6. The molecule has 0 saturated heterocycles. The molecule has 0 aliphatic heterocycles. The van der Waals surface area contributed by atoms with E-state index in [2.05, 4.69) is 15.4 Å². The predicted octanol–water partition coefficient (Wildman–Crippen LogP) is 6.94. The van der Waals surface area contributed by atoms with E-state index in [-0.39, 0.29) is 29.2 Å². The second-order valence-electron chi connectivity index (χ2n) is 12.4. The Hall–Kier alpha value is -4.59. The number of carbonyl (C=O) groups is 1. The van der Waals surface area contributed by atoms with Crippen molar-refractivity contribution in [2.24, 2.45) is 0 Å². The van der Waals surface area contributed by atoms with Gasteiger partial charge in [-0.2, -0.15) is 5.10 Å². The van der Waals surface area contributed by atoms with Crippen LogP contribution in [-0.2, 0) is 14.8 Å². The second-order valence-corrected chi connectivity index (χ2v) is 14.0. The quantitative estimate of drug-likeness (QED) is 0.196. The van der Waals surface area contributed by atoms with Crippen molar-refractivity contribution >= 4 is 44.1 Å². The number of alkyl carbamates (subject to hydrolysis) is 1. The number of rotatable bonds is 7. The fourth-order valence-corrected chi connectivity index (χ4v) is 6.48. The van der Waals surface area contributed by atoms with Crippen molar-refractivity contribution < 1.29 is 31.1 Å². The van der Waals surface area contributed by atoms with Crippen molar-refractivity contribution in [2.75, 3.05) is 10.5 Å². The molecule has 244 valence electrons. The molecule has 0 saturated carbocycles. The van der Waals surface area contributed by atoms with Crippen LogP contribution in [0.5, 0.6) is 0 Å². The zero-order valence-corrected chi connectivity index (χ0v) is 26.8. The molecular formula is C32H35F3N6O4S. The smallest absolute Gasteiger partial charge is 0.407 e. The van der Waals surface area contributed by atoms with Gasteiger partial charge in [0.15, 0.2) is 0 Å². The Labute approximate surface area is 264 Å². The SMILES string of the molecule is CC(C)n1nc(-c2cc(F)c(NS(=O)(=O)c3ccccc3F)cc2F)c2c(N)ncc(C3=CCC(NC(=O)OC(C)(C)C)CC3)c21. The predicted molar refractivity (Wildman–Crippen MR) is 170 cm³/mol. The molecule has 2 aromatic heterocycles. The average Bonchev–Trinajstić information content (AvgIpc) is 3.36. The summed E-state index contributed by atoms with van der Waals surface area (Å²) in [4.78, 5) is 15.9. The highest BCUT2D eigenvalue weighted by Crippen LogP contribution is 2.40. The Balaban J connectivity index is 1.52. The monoisotopic (exact) mass is 656 g/mol. The van der Waals surface area contributed by atoms with Crippen LogP contribution in [0.25, 0.3) is 27.7 Å². The number of allylic oxidation sites excluding steroid dienone is 1. The van der Waals surface area contributed by atoms with Crippen LogP contribution in [0.1, 0.15) is 65.5 Å². The molecule has 2 aromatic carbocycles. The summed E-state index contributed by atoms with van der Waals surface area (Å²) in [5.74, 6) is -3.09. The zero-order chi connectivity index (χ0) is 33.6. The molecule has 2 heterocycles. The summed E-state index contributed by atoms with van der Waals surface area (Å²) in [5, 5.41) is 7.83. The molecule has 1 atom stereocenters. The Kier molecular flexibility index (Phi) is 8.77. The van der Waals surface area contributed by atoms with Crippen LogP contribution >= 0.6 is 0 Å². The molecule has 0 spiro atoms. The highest BCUT2D eigenvalue weighted by atomic mass is 32.2. The van der Waals surface area contributed by atoms with E-state index in [1.54, 1.807) is 31.6 Å². The number of fused-ring (bicyclic) bond motifs is 1.